The van der Waals surface area contributed by atoms with Crippen LogP contribution in [0.15, 0.2) is 0 Å². The zero-order valence-corrected chi connectivity index (χ0v) is 13.9. The highest BCUT2D eigenvalue weighted by molar-refractivity contribution is 4.92. The predicted molar refractivity (Wildman–Crippen MR) is 85.6 cm³/mol. The Balaban J connectivity index is 2.44. The van der Waals surface area contributed by atoms with Gasteiger partial charge in [0.25, 0.3) is 0 Å². The van der Waals surface area contributed by atoms with Crippen molar-refractivity contribution in [3.05, 3.63) is 0 Å². The Morgan fingerprint density at radius 1 is 1.10 bits per heavy atom. The molecule has 0 aromatic carbocycles. The Morgan fingerprint density at radius 2 is 1.70 bits per heavy atom. The van der Waals surface area contributed by atoms with Gasteiger partial charge < -0.3 is 4.90 Å². The summed E-state index contributed by atoms with van der Waals surface area (Å²) in [6.45, 7) is 11.1. The molecule has 1 N–H and O–H groups in total. The topological polar surface area (TPSA) is 39.1 Å². The van der Waals surface area contributed by atoms with Crippen molar-refractivity contribution in [2.75, 3.05) is 13.1 Å². The SMILES string of the molecule is CC(C)CCN(CCC(C#N)NC(C)C)C1CCCC1. The highest BCUT2D eigenvalue weighted by Crippen LogP contribution is 2.24. The van der Waals surface area contributed by atoms with Crippen LogP contribution in [0.3, 0.4) is 0 Å². The molecule has 0 aromatic rings. The summed E-state index contributed by atoms with van der Waals surface area (Å²) in [7, 11) is 0. The van der Waals surface area contributed by atoms with E-state index in [1.54, 1.807) is 0 Å². The molecule has 1 rings (SSSR count). The summed E-state index contributed by atoms with van der Waals surface area (Å²) in [6.07, 6.45) is 7.69. The van der Waals surface area contributed by atoms with Crippen LogP contribution in [0.1, 0.15) is 66.2 Å². The van der Waals surface area contributed by atoms with E-state index >= 15 is 0 Å². The third kappa shape index (κ3) is 6.72. The van der Waals surface area contributed by atoms with Crippen molar-refractivity contribution in [1.82, 2.24) is 10.2 Å². The maximum absolute atomic E-state index is 9.24. The van der Waals surface area contributed by atoms with Gasteiger partial charge in [-0.1, -0.05) is 26.7 Å². The van der Waals surface area contributed by atoms with Crippen LogP contribution in [0, 0.1) is 17.2 Å². The molecule has 1 unspecified atom stereocenters. The Kier molecular flexibility index (Phi) is 8.18. The molecule has 0 amide bonds. The molecule has 0 aliphatic heterocycles. The number of nitrogens with zero attached hydrogens (tertiary/aromatic N) is 2. The number of hydrogen-bond donors (Lipinski definition) is 1. The summed E-state index contributed by atoms with van der Waals surface area (Å²) in [5, 5.41) is 12.6. The minimum absolute atomic E-state index is 0.00190. The predicted octanol–water partition coefficient (Wildman–Crippen LogP) is 3.56. The first-order valence-corrected chi connectivity index (χ1v) is 8.42. The van der Waals surface area contributed by atoms with Gasteiger partial charge in [0.1, 0.15) is 0 Å². The molecule has 116 valence electrons. The van der Waals surface area contributed by atoms with Crippen LogP contribution >= 0.6 is 0 Å². The van der Waals surface area contributed by atoms with Crippen LogP contribution in [0.5, 0.6) is 0 Å². The van der Waals surface area contributed by atoms with Crippen LogP contribution in [0.2, 0.25) is 0 Å². The third-order valence-corrected chi connectivity index (χ3v) is 4.23. The van der Waals surface area contributed by atoms with Gasteiger partial charge in [-0.05, 0) is 52.0 Å². The average molecular weight is 279 g/mol. The van der Waals surface area contributed by atoms with Crippen LogP contribution in [-0.2, 0) is 0 Å². The largest absolute Gasteiger partial charge is 0.300 e. The van der Waals surface area contributed by atoms with Gasteiger partial charge in [-0.15, -0.1) is 0 Å². The molecular weight excluding hydrogens is 246 g/mol. The molecule has 0 aromatic heterocycles. The normalized spacial score (nSPS) is 18.1. The van der Waals surface area contributed by atoms with E-state index in [4.69, 9.17) is 0 Å². The summed E-state index contributed by atoms with van der Waals surface area (Å²) in [6, 6.07) is 3.56. The Morgan fingerprint density at radius 3 is 2.20 bits per heavy atom. The minimum Gasteiger partial charge on any atom is -0.300 e. The van der Waals surface area contributed by atoms with Crippen molar-refractivity contribution in [2.45, 2.75) is 84.3 Å². The van der Waals surface area contributed by atoms with Gasteiger partial charge in [0.05, 0.1) is 12.1 Å². The molecule has 0 spiro atoms. The fourth-order valence-corrected chi connectivity index (χ4v) is 3.05. The van der Waals surface area contributed by atoms with E-state index < -0.39 is 0 Å². The fraction of sp³-hybridized carbons (Fsp3) is 0.941. The van der Waals surface area contributed by atoms with Gasteiger partial charge >= 0.3 is 0 Å². The summed E-state index contributed by atoms with van der Waals surface area (Å²) >= 11 is 0. The Hall–Kier alpha value is -0.590. The van der Waals surface area contributed by atoms with E-state index in [0.717, 1.165) is 24.9 Å². The molecule has 0 heterocycles. The maximum atomic E-state index is 9.24. The van der Waals surface area contributed by atoms with Crippen molar-refractivity contribution in [1.29, 1.82) is 5.26 Å². The van der Waals surface area contributed by atoms with E-state index in [-0.39, 0.29) is 6.04 Å². The van der Waals surface area contributed by atoms with Gasteiger partial charge in [-0.2, -0.15) is 5.26 Å². The number of hydrogen-bond acceptors (Lipinski definition) is 3. The first-order chi connectivity index (χ1) is 9.52. The Bertz CT molecular complexity index is 287. The van der Waals surface area contributed by atoms with Crippen molar-refractivity contribution in [2.24, 2.45) is 5.92 Å². The molecule has 1 aliphatic rings. The molecule has 1 fully saturated rings. The van der Waals surface area contributed by atoms with E-state index in [1.165, 1.54) is 38.6 Å². The highest BCUT2D eigenvalue weighted by Gasteiger charge is 2.23. The second kappa shape index (κ2) is 9.37. The molecule has 20 heavy (non-hydrogen) atoms. The van der Waals surface area contributed by atoms with Crippen molar-refractivity contribution in [3.8, 4) is 6.07 Å². The van der Waals surface area contributed by atoms with E-state index in [1.807, 2.05) is 0 Å². The van der Waals surface area contributed by atoms with Crippen molar-refractivity contribution in [3.63, 3.8) is 0 Å². The molecule has 1 atom stereocenters. The molecule has 1 saturated carbocycles. The molecular formula is C17H33N3. The minimum atomic E-state index is -0.00190. The monoisotopic (exact) mass is 279 g/mol. The number of rotatable bonds is 9. The van der Waals surface area contributed by atoms with Gasteiger partial charge in [-0.25, -0.2) is 0 Å². The maximum Gasteiger partial charge on any atom is 0.0967 e. The van der Waals surface area contributed by atoms with Gasteiger partial charge in [0.2, 0.25) is 0 Å². The van der Waals surface area contributed by atoms with E-state index in [0.29, 0.717) is 6.04 Å². The van der Waals surface area contributed by atoms with Gasteiger partial charge in [0.15, 0.2) is 0 Å². The molecule has 3 heteroatoms. The van der Waals surface area contributed by atoms with Crippen molar-refractivity contribution >= 4 is 0 Å². The second-order valence-electron chi connectivity index (χ2n) is 6.95. The van der Waals surface area contributed by atoms with Crippen molar-refractivity contribution < 1.29 is 0 Å². The van der Waals surface area contributed by atoms with Crippen LogP contribution in [0.25, 0.3) is 0 Å². The fourth-order valence-electron chi connectivity index (χ4n) is 3.05. The highest BCUT2D eigenvalue weighted by atomic mass is 15.2. The lowest BCUT2D eigenvalue weighted by Crippen LogP contribution is -2.40. The van der Waals surface area contributed by atoms with Crippen LogP contribution in [0.4, 0.5) is 0 Å². The van der Waals surface area contributed by atoms with Gasteiger partial charge in [-0.3, -0.25) is 5.32 Å². The van der Waals surface area contributed by atoms with Gasteiger partial charge in [0, 0.05) is 18.6 Å². The Labute approximate surface area is 125 Å². The lowest BCUT2D eigenvalue weighted by molar-refractivity contribution is 0.181. The summed E-state index contributed by atoms with van der Waals surface area (Å²) < 4.78 is 0. The molecule has 0 bridgehead atoms. The first kappa shape index (κ1) is 17.5. The average Bonchev–Trinajstić information content (AvgIpc) is 2.90. The first-order valence-electron chi connectivity index (χ1n) is 8.42. The molecule has 1 aliphatic carbocycles. The zero-order valence-electron chi connectivity index (χ0n) is 13.9. The molecule has 0 radical (unpaired) electrons. The smallest absolute Gasteiger partial charge is 0.0967 e. The van der Waals surface area contributed by atoms with Crippen LogP contribution < -0.4 is 5.32 Å². The van der Waals surface area contributed by atoms with Crippen LogP contribution in [-0.4, -0.2) is 36.1 Å². The summed E-state index contributed by atoms with van der Waals surface area (Å²) in [5.74, 6) is 0.763. The molecule has 0 saturated heterocycles. The number of nitriles is 1. The number of nitrogens with one attached hydrogen (secondary N) is 1. The summed E-state index contributed by atoms with van der Waals surface area (Å²) in [5.41, 5.74) is 0. The van der Waals surface area contributed by atoms with E-state index in [9.17, 15) is 5.26 Å². The van der Waals surface area contributed by atoms with E-state index in [2.05, 4.69) is 44.0 Å². The standard InChI is InChI=1S/C17H33N3/c1-14(2)9-11-20(17-7-5-6-8-17)12-10-16(13-18)19-15(3)4/h14-17,19H,5-12H2,1-4H3. The third-order valence-electron chi connectivity index (χ3n) is 4.23. The zero-order chi connectivity index (χ0) is 15.0. The quantitative estimate of drug-likeness (QED) is 0.701. The lowest BCUT2D eigenvalue weighted by Gasteiger charge is -2.30. The summed E-state index contributed by atoms with van der Waals surface area (Å²) in [4.78, 5) is 2.65. The molecule has 3 nitrogen and oxygen atoms in total. The lowest BCUT2D eigenvalue weighted by atomic mass is 10.1. The second-order valence-corrected chi connectivity index (χ2v) is 6.95.